The topological polar surface area (TPSA) is 52.0 Å². The van der Waals surface area contributed by atoms with Crippen molar-refractivity contribution in [2.24, 2.45) is 0 Å². The minimum absolute atomic E-state index is 0.415. The first-order valence-electron chi connectivity index (χ1n) is 10.0. The van der Waals surface area contributed by atoms with Gasteiger partial charge < -0.3 is 14.6 Å². The zero-order valence-corrected chi connectivity index (χ0v) is 16.2. The van der Waals surface area contributed by atoms with E-state index in [1.807, 2.05) is 0 Å². The third kappa shape index (κ3) is 3.83. The molecule has 0 atom stereocenters. The van der Waals surface area contributed by atoms with Gasteiger partial charge in [0.2, 0.25) is 0 Å². The van der Waals surface area contributed by atoms with Gasteiger partial charge in [-0.15, -0.1) is 0 Å². The fourth-order valence-electron chi connectivity index (χ4n) is 3.81. The Morgan fingerprint density at radius 1 is 1.22 bits per heavy atom. The number of fused-ring (bicyclic) bond motifs is 1. The molecule has 27 heavy (non-hydrogen) atoms. The van der Waals surface area contributed by atoms with Gasteiger partial charge in [0.05, 0.1) is 5.39 Å². The molecule has 0 saturated carbocycles. The summed E-state index contributed by atoms with van der Waals surface area (Å²) in [7, 11) is 0. The Hall–Kier alpha value is -2.40. The van der Waals surface area contributed by atoms with Gasteiger partial charge in [-0.05, 0) is 55.9 Å². The van der Waals surface area contributed by atoms with Crippen LogP contribution in [0, 0.1) is 6.92 Å². The molecule has 1 saturated heterocycles. The van der Waals surface area contributed by atoms with Crippen LogP contribution in [0.15, 0.2) is 36.8 Å². The number of aryl methyl sites for hydroxylation is 2. The molecule has 3 aromatic rings. The minimum Gasteiger partial charge on any atom is -0.381 e. The smallest absolute Gasteiger partial charge is 0.150 e. The maximum absolute atomic E-state index is 5.50. The summed E-state index contributed by atoms with van der Waals surface area (Å²) in [4.78, 5) is 9.27. The van der Waals surface area contributed by atoms with Gasteiger partial charge in [0.15, 0.2) is 0 Å². The van der Waals surface area contributed by atoms with Crippen molar-refractivity contribution in [2.45, 2.75) is 52.0 Å². The molecule has 1 fully saturated rings. The number of rotatable bonds is 6. The van der Waals surface area contributed by atoms with E-state index in [-0.39, 0.29) is 0 Å². The number of hydrogen-bond acceptors (Lipinski definition) is 4. The molecule has 5 nitrogen and oxygen atoms in total. The molecule has 1 N–H and O–H groups in total. The molecule has 0 bridgehead atoms. The van der Waals surface area contributed by atoms with Crippen LogP contribution in [0.2, 0.25) is 0 Å². The fourth-order valence-corrected chi connectivity index (χ4v) is 3.81. The van der Waals surface area contributed by atoms with Gasteiger partial charge in [0.25, 0.3) is 0 Å². The molecular weight excluding hydrogens is 336 g/mol. The molecule has 3 heterocycles. The lowest BCUT2D eigenvalue weighted by Gasteiger charge is -2.24. The molecule has 0 amide bonds. The van der Waals surface area contributed by atoms with E-state index < -0.39 is 0 Å². The number of nitrogens with one attached hydrogen (secondary N) is 1. The Labute approximate surface area is 160 Å². The van der Waals surface area contributed by atoms with E-state index in [1.54, 1.807) is 6.33 Å². The minimum atomic E-state index is 0.415. The summed E-state index contributed by atoms with van der Waals surface area (Å²) in [5.41, 5.74) is 4.71. The van der Waals surface area contributed by atoms with Crippen LogP contribution in [0.1, 0.15) is 43.7 Å². The Balaban J connectivity index is 1.79. The van der Waals surface area contributed by atoms with Crippen molar-refractivity contribution in [2.75, 3.05) is 18.5 Å². The second-order valence-corrected chi connectivity index (χ2v) is 7.42. The number of nitrogens with zero attached hydrogens (tertiary/aromatic N) is 3. The molecule has 0 spiro atoms. The lowest BCUT2D eigenvalue weighted by atomic mass is 10.1. The Morgan fingerprint density at radius 3 is 2.85 bits per heavy atom. The number of ether oxygens (including phenoxy) is 1. The van der Waals surface area contributed by atoms with Gasteiger partial charge >= 0.3 is 0 Å². The quantitative estimate of drug-likeness (QED) is 0.691. The monoisotopic (exact) mass is 364 g/mol. The van der Waals surface area contributed by atoms with Crippen LogP contribution < -0.4 is 5.32 Å². The van der Waals surface area contributed by atoms with Crippen LogP contribution in [-0.4, -0.2) is 33.8 Å². The molecule has 1 aliphatic heterocycles. The van der Waals surface area contributed by atoms with E-state index in [9.17, 15) is 0 Å². The highest BCUT2D eigenvalue weighted by Crippen LogP contribution is 2.30. The Morgan fingerprint density at radius 2 is 2.07 bits per heavy atom. The normalized spacial score (nSPS) is 15.3. The molecule has 4 rings (SSSR count). The molecule has 0 aliphatic carbocycles. The zero-order valence-electron chi connectivity index (χ0n) is 16.2. The highest BCUT2D eigenvalue weighted by Gasteiger charge is 2.19. The molecule has 2 aromatic heterocycles. The number of aromatic nitrogens is 3. The largest absolute Gasteiger partial charge is 0.381 e. The molecule has 142 valence electrons. The average molecular weight is 364 g/mol. The first-order chi connectivity index (χ1) is 13.3. The molecule has 1 aliphatic rings. The van der Waals surface area contributed by atoms with E-state index >= 15 is 0 Å². The predicted molar refractivity (Wildman–Crippen MR) is 110 cm³/mol. The van der Waals surface area contributed by atoms with Gasteiger partial charge in [0.1, 0.15) is 17.8 Å². The summed E-state index contributed by atoms with van der Waals surface area (Å²) >= 11 is 0. The lowest BCUT2D eigenvalue weighted by molar-refractivity contribution is 0.0904. The maximum Gasteiger partial charge on any atom is 0.150 e. The van der Waals surface area contributed by atoms with Crippen LogP contribution >= 0.6 is 0 Å². The number of hydrogen-bond donors (Lipinski definition) is 1. The summed E-state index contributed by atoms with van der Waals surface area (Å²) in [5.74, 6) is 0.962. The first-order valence-corrected chi connectivity index (χ1v) is 10.0. The second kappa shape index (κ2) is 8.09. The average Bonchev–Trinajstić information content (AvgIpc) is 3.07. The van der Waals surface area contributed by atoms with Crippen LogP contribution in [0.4, 0.5) is 5.82 Å². The molecule has 0 unspecified atom stereocenters. The standard InChI is InChI=1S/C22H28N4O/c1-3-4-7-17-14-26(19-8-5-6-16(2)13-19)22-20(17)21(23-15-24-22)25-18-9-11-27-12-10-18/h5-6,8,13-15,18H,3-4,7,9-12H2,1-2H3,(H,23,24,25). The molecule has 5 heteroatoms. The summed E-state index contributed by atoms with van der Waals surface area (Å²) in [6.45, 7) is 6.00. The summed E-state index contributed by atoms with van der Waals surface area (Å²) in [6, 6.07) is 8.99. The van der Waals surface area contributed by atoms with Crippen molar-refractivity contribution in [1.29, 1.82) is 0 Å². The van der Waals surface area contributed by atoms with Gasteiger partial charge in [-0.3, -0.25) is 0 Å². The molecule has 1 aromatic carbocycles. The highest BCUT2D eigenvalue weighted by atomic mass is 16.5. The molecule has 0 radical (unpaired) electrons. The van der Waals surface area contributed by atoms with E-state index in [0.717, 1.165) is 49.6 Å². The van der Waals surface area contributed by atoms with E-state index in [2.05, 4.69) is 64.2 Å². The van der Waals surface area contributed by atoms with Gasteiger partial charge in [0, 0.05) is 31.1 Å². The third-order valence-electron chi connectivity index (χ3n) is 5.30. The van der Waals surface area contributed by atoms with E-state index in [1.165, 1.54) is 29.4 Å². The summed E-state index contributed by atoms with van der Waals surface area (Å²) in [5, 5.41) is 4.84. The summed E-state index contributed by atoms with van der Waals surface area (Å²) in [6.07, 6.45) is 9.36. The van der Waals surface area contributed by atoms with Crippen molar-refractivity contribution in [3.8, 4) is 5.69 Å². The van der Waals surface area contributed by atoms with Crippen molar-refractivity contribution < 1.29 is 4.74 Å². The maximum atomic E-state index is 5.50. The lowest BCUT2D eigenvalue weighted by Crippen LogP contribution is -2.28. The van der Waals surface area contributed by atoms with Crippen molar-refractivity contribution in [3.05, 3.63) is 47.9 Å². The Bertz CT molecular complexity index is 912. The van der Waals surface area contributed by atoms with Gasteiger partial charge in [-0.25, -0.2) is 9.97 Å². The Kier molecular flexibility index (Phi) is 5.39. The van der Waals surface area contributed by atoms with Crippen LogP contribution in [0.25, 0.3) is 16.7 Å². The van der Waals surface area contributed by atoms with Crippen molar-refractivity contribution in [3.63, 3.8) is 0 Å². The number of unbranched alkanes of at least 4 members (excludes halogenated alkanes) is 1. The van der Waals surface area contributed by atoms with Crippen LogP contribution in [-0.2, 0) is 11.2 Å². The number of anilines is 1. The van der Waals surface area contributed by atoms with Crippen LogP contribution in [0.5, 0.6) is 0 Å². The van der Waals surface area contributed by atoms with E-state index in [0.29, 0.717) is 6.04 Å². The van der Waals surface area contributed by atoms with Gasteiger partial charge in [-0.2, -0.15) is 0 Å². The third-order valence-corrected chi connectivity index (χ3v) is 5.30. The molecular formula is C22H28N4O. The zero-order chi connectivity index (χ0) is 18.6. The second-order valence-electron chi connectivity index (χ2n) is 7.42. The summed E-state index contributed by atoms with van der Waals surface area (Å²) < 4.78 is 7.71. The first kappa shape index (κ1) is 18.0. The van der Waals surface area contributed by atoms with Crippen molar-refractivity contribution >= 4 is 16.9 Å². The highest BCUT2D eigenvalue weighted by molar-refractivity contribution is 5.92. The van der Waals surface area contributed by atoms with Crippen molar-refractivity contribution in [1.82, 2.24) is 14.5 Å². The predicted octanol–water partition coefficient (Wildman–Crippen LogP) is 4.66. The van der Waals surface area contributed by atoms with Gasteiger partial charge in [-0.1, -0.05) is 25.5 Å². The number of benzene rings is 1. The fraction of sp³-hybridized carbons (Fsp3) is 0.455. The van der Waals surface area contributed by atoms with E-state index in [4.69, 9.17) is 4.74 Å². The SMILES string of the molecule is CCCCc1cn(-c2cccc(C)c2)c2ncnc(NC3CCOCC3)c12. The van der Waals surface area contributed by atoms with Crippen LogP contribution in [0.3, 0.4) is 0 Å².